The fourth-order valence-corrected chi connectivity index (χ4v) is 3.73. The van der Waals surface area contributed by atoms with Crippen molar-refractivity contribution < 1.29 is 9.53 Å². The summed E-state index contributed by atoms with van der Waals surface area (Å²) in [6.45, 7) is 6.60. The SMILES string of the molecule is CC(C)(C)OC(=O)n1c(C2CCCN2c2ccccc2)nc2ccccc21. The Kier molecular flexibility index (Phi) is 4.38. The van der Waals surface area contributed by atoms with Gasteiger partial charge in [-0.2, -0.15) is 0 Å². The summed E-state index contributed by atoms with van der Waals surface area (Å²) in [6, 6.07) is 18.1. The molecule has 2 aromatic carbocycles. The molecule has 4 rings (SSSR count). The summed E-state index contributed by atoms with van der Waals surface area (Å²) >= 11 is 0. The van der Waals surface area contributed by atoms with Gasteiger partial charge in [0.1, 0.15) is 11.4 Å². The number of anilines is 1. The molecule has 140 valence electrons. The molecular formula is C22H25N3O2. The Labute approximate surface area is 159 Å². The van der Waals surface area contributed by atoms with Crippen molar-refractivity contribution in [3.8, 4) is 0 Å². The van der Waals surface area contributed by atoms with Crippen LogP contribution in [-0.4, -0.2) is 27.8 Å². The number of hydrogen-bond donors (Lipinski definition) is 0. The molecule has 0 amide bonds. The molecule has 1 aliphatic heterocycles. The smallest absolute Gasteiger partial charge is 0.420 e. The Hall–Kier alpha value is -2.82. The van der Waals surface area contributed by atoms with E-state index in [4.69, 9.17) is 9.72 Å². The van der Waals surface area contributed by atoms with E-state index in [1.54, 1.807) is 4.57 Å². The van der Waals surface area contributed by atoms with Crippen LogP contribution in [0.2, 0.25) is 0 Å². The van der Waals surface area contributed by atoms with Crippen molar-refractivity contribution in [2.75, 3.05) is 11.4 Å². The van der Waals surface area contributed by atoms with Gasteiger partial charge in [0, 0.05) is 12.2 Å². The Morgan fingerprint density at radius 2 is 1.78 bits per heavy atom. The summed E-state index contributed by atoms with van der Waals surface area (Å²) in [4.78, 5) is 20.2. The third-order valence-electron chi connectivity index (χ3n) is 4.80. The number of nitrogens with zero attached hydrogens (tertiary/aromatic N) is 3. The number of carbonyl (C=O) groups is 1. The van der Waals surface area contributed by atoms with Crippen LogP contribution in [-0.2, 0) is 4.74 Å². The Morgan fingerprint density at radius 1 is 1.07 bits per heavy atom. The Balaban J connectivity index is 1.81. The maximum absolute atomic E-state index is 13.0. The van der Waals surface area contributed by atoms with Gasteiger partial charge in [-0.1, -0.05) is 30.3 Å². The highest BCUT2D eigenvalue weighted by atomic mass is 16.6. The van der Waals surface area contributed by atoms with E-state index in [0.717, 1.165) is 41.9 Å². The van der Waals surface area contributed by atoms with E-state index in [2.05, 4.69) is 17.0 Å². The molecule has 0 spiro atoms. The van der Waals surface area contributed by atoms with Gasteiger partial charge in [0.05, 0.1) is 17.1 Å². The highest BCUT2D eigenvalue weighted by molar-refractivity contribution is 5.88. The van der Waals surface area contributed by atoms with Crippen molar-refractivity contribution in [2.45, 2.75) is 45.3 Å². The fourth-order valence-electron chi connectivity index (χ4n) is 3.73. The quantitative estimate of drug-likeness (QED) is 0.631. The van der Waals surface area contributed by atoms with Gasteiger partial charge >= 0.3 is 6.09 Å². The van der Waals surface area contributed by atoms with Crippen LogP contribution in [0.5, 0.6) is 0 Å². The molecule has 1 aromatic heterocycles. The van der Waals surface area contributed by atoms with Crippen LogP contribution in [0.15, 0.2) is 54.6 Å². The summed E-state index contributed by atoms with van der Waals surface area (Å²) in [5.74, 6) is 0.756. The minimum absolute atomic E-state index is 0.0484. The Bertz CT molecular complexity index is 957. The largest absolute Gasteiger partial charge is 0.443 e. The van der Waals surface area contributed by atoms with Crippen molar-refractivity contribution in [1.82, 2.24) is 9.55 Å². The van der Waals surface area contributed by atoms with E-state index in [0.29, 0.717) is 0 Å². The number of aromatic nitrogens is 2. The third-order valence-corrected chi connectivity index (χ3v) is 4.80. The lowest BCUT2D eigenvalue weighted by molar-refractivity contribution is 0.0537. The molecule has 3 aromatic rings. The van der Waals surface area contributed by atoms with Crippen molar-refractivity contribution in [2.24, 2.45) is 0 Å². The number of fused-ring (bicyclic) bond motifs is 1. The summed E-state index contributed by atoms with van der Waals surface area (Å²) in [7, 11) is 0. The van der Waals surface area contributed by atoms with Crippen molar-refractivity contribution >= 4 is 22.8 Å². The molecule has 1 fully saturated rings. The van der Waals surface area contributed by atoms with Crippen molar-refractivity contribution in [3.63, 3.8) is 0 Å². The average Bonchev–Trinajstić information content (AvgIpc) is 3.25. The molecule has 27 heavy (non-hydrogen) atoms. The van der Waals surface area contributed by atoms with Crippen molar-refractivity contribution in [3.05, 3.63) is 60.4 Å². The van der Waals surface area contributed by atoms with E-state index in [-0.39, 0.29) is 12.1 Å². The predicted molar refractivity (Wildman–Crippen MR) is 107 cm³/mol. The van der Waals surface area contributed by atoms with Gasteiger partial charge < -0.3 is 9.64 Å². The lowest BCUT2D eigenvalue weighted by Gasteiger charge is -2.27. The minimum Gasteiger partial charge on any atom is -0.443 e. The molecule has 2 heterocycles. The summed E-state index contributed by atoms with van der Waals surface area (Å²) in [5.41, 5.74) is 2.21. The first-order chi connectivity index (χ1) is 12.9. The van der Waals surface area contributed by atoms with E-state index in [1.807, 2.05) is 63.2 Å². The van der Waals surface area contributed by atoms with Crippen molar-refractivity contribution in [1.29, 1.82) is 0 Å². The van der Waals surface area contributed by atoms with Crippen LogP contribution in [0.4, 0.5) is 10.5 Å². The molecule has 0 saturated carbocycles. The standard InChI is InChI=1S/C22H25N3O2/c1-22(2,3)27-21(26)25-18-13-8-7-12-17(18)23-20(25)19-14-9-15-24(19)16-10-5-4-6-11-16/h4-8,10-13,19H,9,14-15H2,1-3H3. The maximum Gasteiger partial charge on any atom is 0.420 e. The first-order valence-corrected chi connectivity index (χ1v) is 9.46. The Morgan fingerprint density at radius 3 is 2.52 bits per heavy atom. The molecule has 0 N–H and O–H groups in total. The second-order valence-corrected chi connectivity index (χ2v) is 7.96. The second kappa shape index (κ2) is 6.72. The highest BCUT2D eigenvalue weighted by Crippen LogP contribution is 2.37. The molecule has 0 aliphatic carbocycles. The van der Waals surface area contributed by atoms with Gasteiger partial charge in [-0.05, 0) is 57.9 Å². The summed E-state index contributed by atoms with van der Waals surface area (Å²) in [6.07, 6.45) is 1.66. The van der Waals surface area contributed by atoms with E-state index in [1.165, 1.54) is 0 Å². The van der Waals surface area contributed by atoms with E-state index >= 15 is 0 Å². The van der Waals surface area contributed by atoms with Gasteiger partial charge in [0.25, 0.3) is 0 Å². The van der Waals surface area contributed by atoms with Gasteiger partial charge in [0.15, 0.2) is 0 Å². The van der Waals surface area contributed by atoms with Crippen LogP contribution < -0.4 is 4.90 Å². The lowest BCUT2D eigenvalue weighted by atomic mass is 10.2. The molecular weight excluding hydrogens is 338 g/mol. The number of rotatable bonds is 2. The van der Waals surface area contributed by atoms with Crippen LogP contribution in [0, 0.1) is 0 Å². The van der Waals surface area contributed by atoms with Crippen LogP contribution >= 0.6 is 0 Å². The normalized spacial score (nSPS) is 17.4. The number of hydrogen-bond acceptors (Lipinski definition) is 4. The molecule has 0 bridgehead atoms. The molecule has 1 atom stereocenters. The van der Waals surface area contributed by atoms with E-state index < -0.39 is 5.60 Å². The number of ether oxygens (including phenoxy) is 1. The number of para-hydroxylation sites is 3. The predicted octanol–water partition coefficient (Wildman–Crippen LogP) is 5.16. The lowest BCUT2D eigenvalue weighted by Crippen LogP contribution is -2.31. The zero-order valence-corrected chi connectivity index (χ0v) is 16.1. The third kappa shape index (κ3) is 3.42. The molecule has 0 radical (unpaired) electrons. The van der Waals surface area contributed by atoms with Gasteiger partial charge in [-0.3, -0.25) is 0 Å². The van der Waals surface area contributed by atoms with E-state index in [9.17, 15) is 4.79 Å². The van der Waals surface area contributed by atoms with Crippen LogP contribution in [0.3, 0.4) is 0 Å². The van der Waals surface area contributed by atoms with Gasteiger partial charge in [0.2, 0.25) is 0 Å². The fraction of sp³-hybridized carbons (Fsp3) is 0.364. The molecule has 1 unspecified atom stereocenters. The highest BCUT2D eigenvalue weighted by Gasteiger charge is 2.33. The van der Waals surface area contributed by atoms with Crippen LogP contribution in [0.1, 0.15) is 45.5 Å². The molecule has 1 aliphatic rings. The van der Waals surface area contributed by atoms with Gasteiger partial charge in [-0.15, -0.1) is 0 Å². The first kappa shape index (κ1) is 17.6. The van der Waals surface area contributed by atoms with Crippen LogP contribution in [0.25, 0.3) is 11.0 Å². The maximum atomic E-state index is 13.0. The number of carbonyl (C=O) groups excluding carboxylic acids is 1. The average molecular weight is 363 g/mol. The molecule has 1 saturated heterocycles. The zero-order valence-electron chi connectivity index (χ0n) is 16.1. The number of imidazole rings is 1. The zero-order chi connectivity index (χ0) is 19.0. The monoisotopic (exact) mass is 363 g/mol. The second-order valence-electron chi connectivity index (χ2n) is 7.96. The molecule has 5 nitrogen and oxygen atoms in total. The number of benzene rings is 2. The summed E-state index contributed by atoms with van der Waals surface area (Å²) in [5, 5.41) is 0. The molecule has 5 heteroatoms. The van der Waals surface area contributed by atoms with Gasteiger partial charge in [-0.25, -0.2) is 14.3 Å². The minimum atomic E-state index is -0.561. The summed E-state index contributed by atoms with van der Waals surface area (Å²) < 4.78 is 7.36. The topological polar surface area (TPSA) is 47.4 Å². The first-order valence-electron chi connectivity index (χ1n) is 9.46.